The van der Waals surface area contributed by atoms with Crippen molar-refractivity contribution in [1.82, 2.24) is 0 Å². The smallest absolute Gasteiger partial charge is 0.143 e. The molecule has 9 aromatic rings. The Hall–Kier alpha value is -5.66. The second kappa shape index (κ2) is 10.7. The lowest BCUT2D eigenvalue weighted by atomic mass is 9.80. The van der Waals surface area contributed by atoms with E-state index in [1.54, 1.807) is 0 Å². The van der Waals surface area contributed by atoms with Crippen LogP contribution in [0.4, 0.5) is 0 Å². The molecular weight excluding hydrogens is 581 g/mol. The van der Waals surface area contributed by atoms with Crippen molar-refractivity contribution in [1.29, 1.82) is 0 Å². The lowest BCUT2D eigenvalue weighted by Crippen LogP contribution is -2.14. The van der Waals surface area contributed by atoms with E-state index in [4.69, 9.17) is 4.42 Å². The van der Waals surface area contributed by atoms with Crippen LogP contribution in [0.3, 0.4) is 0 Å². The van der Waals surface area contributed by atoms with Gasteiger partial charge in [-0.05, 0) is 95.7 Å². The zero-order valence-electron chi connectivity index (χ0n) is 27.8. The average molecular weight is 617 g/mol. The van der Waals surface area contributed by atoms with E-state index in [9.17, 15) is 0 Å². The summed E-state index contributed by atoms with van der Waals surface area (Å²) in [5.74, 6) is 0. The Bertz CT molecular complexity index is 2660. The van der Waals surface area contributed by atoms with Crippen molar-refractivity contribution in [3.63, 3.8) is 0 Å². The van der Waals surface area contributed by atoms with E-state index >= 15 is 0 Å². The molecule has 0 atom stereocenters. The number of fused-ring (bicyclic) bond motifs is 10. The molecule has 0 amide bonds. The van der Waals surface area contributed by atoms with Gasteiger partial charge in [0.15, 0.2) is 0 Å². The van der Waals surface area contributed by atoms with Crippen LogP contribution in [-0.4, -0.2) is 0 Å². The highest BCUT2D eigenvalue weighted by atomic mass is 16.3. The third kappa shape index (κ3) is 3.97. The first-order valence-electron chi connectivity index (χ1n) is 17.1. The lowest BCUT2D eigenvalue weighted by molar-refractivity contribution is 0.660. The second-order valence-corrected chi connectivity index (χ2v) is 13.2. The van der Waals surface area contributed by atoms with Crippen molar-refractivity contribution in [3.05, 3.63) is 157 Å². The van der Waals surface area contributed by atoms with Crippen molar-refractivity contribution < 1.29 is 4.42 Å². The summed E-state index contributed by atoms with van der Waals surface area (Å²) < 4.78 is 6.49. The highest BCUT2D eigenvalue weighted by molar-refractivity contribution is 6.23. The molecule has 0 bridgehead atoms. The van der Waals surface area contributed by atoms with Crippen LogP contribution in [0.1, 0.15) is 38.8 Å². The second-order valence-electron chi connectivity index (χ2n) is 13.2. The summed E-state index contributed by atoms with van der Waals surface area (Å²) in [6, 6.07) is 53.5. The predicted molar refractivity (Wildman–Crippen MR) is 206 cm³/mol. The van der Waals surface area contributed by atoms with Gasteiger partial charge >= 0.3 is 0 Å². The largest absolute Gasteiger partial charge is 0.455 e. The quantitative estimate of drug-likeness (QED) is 0.176. The van der Waals surface area contributed by atoms with Crippen LogP contribution in [0.15, 0.2) is 150 Å². The van der Waals surface area contributed by atoms with Gasteiger partial charge in [-0.1, -0.05) is 149 Å². The fourth-order valence-electron chi connectivity index (χ4n) is 8.27. The van der Waals surface area contributed by atoms with Crippen LogP contribution < -0.4 is 0 Å². The van der Waals surface area contributed by atoms with Gasteiger partial charge in [0.25, 0.3) is 0 Å². The summed E-state index contributed by atoms with van der Waals surface area (Å²) in [5, 5.41) is 9.71. The zero-order valence-corrected chi connectivity index (χ0v) is 27.8. The van der Waals surface area contributed by atoms with Crippen LogP contribution >= 0.6 is 0 Å². The maximum Gasteiger partial charge on any atom is 0.143 e. The first kappa shape index (κ1) is 28.6. The van der Waals surface area contributed by atoms with Crippen molar-refractivity contribution in [2.24, 2.45) is 0 Å². The Kier molecular flexibility index (Phi) is 6.36. The number of hydrogen-bond acceptors (Lipinski definition) is 1. The third-order valence-electron chi connectivity index (χ3n) is 10.5. The molecule has 1 nitrogen and oxygen atoms in total. The van der Waals surface area contributed by atoms with E-state index < -0.39 is 0 Å². The minimum Gasteiger partial charge on any atom is -0.455 e. The van der Waals surface area contributed by atoms with E-state index in [0.717, 1.165) is 27.3 Å². The number of furan rings is 1. The monoisotopic (exact) mass is 616 g/mol. The molecule has 230 valence electrons. The Morgan fingerprint density at radius 3 is 1.65 bits per heavy atom. The Morgan fingerprint density at radius 1 is 0.417 bits per heavy atom. The molecule has 0 spiro atoms. The third-order valence-corrected chi connectivity index (χ3v) is 10.5. The molecule has 1 aliphatic carbocycles. The fraction of sp³-hybridized carbons (Fsp3) is 0.106. The predicted octanol–water partition coefficient (Wildman–Crippen LogP) is 13.7. The molecule has 1 heterocycles. The van der Waals surface area contributed by atoms with E-state index in [0.29, 0.717) is 0 Å². The highest BCUT2D eigenvalue weighted by Gasteiger charge is 2.35. The molecule has 0 radical (unpaired) electrons. The van der Waals surface area contributed by atoms with Gasteiger partial charge in [0.2, 0.25) is 0 Å². The normalized spacial score (nSPS) is 13.2. The molecule has 8 aromatic carbocycles. The van der Waals surface area contributed by atoms with Gasteiger partial charge in [0.05, 0.1) is 0 Å². The van der Waals surface area contributed by atoms with Crippen LogP contribution in [0.25, 0.3) is 87.6 Å². The van der Waals surface area contributed by atoms with Crippen molar-refractivity contribution in [2.75, 3.05) is 0 Å². The number of benzene rings is 8. The molecule has 1 aliphatic rings. The zero-order chi connectivity index (χ0) is 32.6. The Labute approximate surface area is 281 Å². The molecule has 0 aliphatic heterocycles. The first-order valence-corrected chi connectivity index (χ1v) is 17.1. The standard InChI is InChI=1S/C45H30O.C2H6/c1-45(2)39-18-10-9-13-31(39)32-22-20-29(26-40(32)45)43-35-16-7-5-14-33(35)42(34-15-6-8-17-36(34)43)28-21-24-41-38(25-28)37-23-19-27-11-3-4-12-30(27)44(37)46-41;1-2/h3-26H,1-2H3;1-2H3. The molecular formula is C47H36O. The summed E-state index contributed by atoms with van der Waals surface area (Å²) >= 11 is 0. The molecule has 48 heavy (non-hydrogen) atoms. The van der Waals surface area contributed by atoms with Gasteiger partial charge in [-0.25, -0.2) is 0 Å². The topological polar surface area (TPSA) is 13.1 Å². The van der Waals surface area contributed by atoms with Gasteiger partial charge in [-0.3, -0.25) is 0 Å². The Balaban J connectivity index is 0.00000154. The molecule has 0 fully saturated rings. The highest BCUT2D eigenvalue weighted by Crippen LogP contribution is 2.51. The van der Waals surface area contributed by atoms with Gasteiger partial charge < -0.3 is 4.42 Å². The molecule has 0 saturated carbocycles. The van der Waals surface area contributed by atoms with Gasteiger partial charge in [-0.15, -0.1) is 0 Å². The van der Waals surface area contributed by atoms with Crippen molar-refractivity contribution in [2.45, 2.75) is 33.1 Å². The summed E-state index contributed by atoms with van der Waals surface area (Å²) in [5.41, 5.74) is 12.4. The fourth-order valence-corrected chi connectivity index (χ4v) is 8.27. The molecule has 1 heteroatoms. The molecule has 0 unspecified atom stereocenters. The van der Waals surface area contributed by atoms with E-state index in [1.165, 1.54) is 71.4 Å². The summed E-state index contributed by atoms with van der Waals surface area (Å²) in [6.07, 6.45) is 0. The number of rotatable bonds is 2. The Morgan fingerprint density at radius 2 is 0.958 bits per heavy atom. The molecule has 0 N–H and O–H groups in total. The molecule has 1 aromatic heterocycles. The maximum atomic E-state index is 6.49. The SMILES string of the molecule is CC.CC1(C)c2ccccc2-c2ccc(-c3c4ccccc4c(-c4ccc5oc6c7ccccc7ccc6c5c4)c4ccccc34)cc21. The van der Waals surface area contributed by atoms with Crippen LogP contribution in [0.2, 0.25) is 0 Å². The summed E-state index contributed by atoms with van der Waals surface area (Å²) in [7, 11) is 0. The lowest BCUT2D eigenvalue weighted by Gasteiger charge is -2.23. The van der Waals surface area contributed by atoms with Gasteiger partial charge in [0.1, 0.15) is 11.2 Å². The summed E-state index contributed by atoms with van der Waals surface area (Å²) in [6.45, 7) is 8.72. The van der Waals surface area contributed by atoms with Gasteiger partial charge in [0, 0.05) is 21.6 Å². The van der Waals surface area contributed by atoms with Gasteiger partial charge in [-0.2, -0.15) is 0 Å². The average Bonchev–Trinajstić information content (AvgIpc) is 3.63. The van der Waals surface area contributed by atoms with Crippen molar-refractivity contribution in [3.8, 4) is 33.4 Å². The maximum absolute atomic E-state index is 6.49. The molecule has 10 rings (SSSR count). The minimum atomic E-state index is -0.0540. The minimum absolute atomic E-state index is 0.0540. The van der Waals surface area contributed by atoms with Crippen LogP contribution in [0.5, 0.6) is 0 Å². The van der Waals surface area contributed by atoms with E-state index in [-0.39, 0.29) is 5.41 Å². The van der Waals surface area contributed by atoms with E-state index in [1.807, 2.05) is 13.8 Å². The van der Waals surface area contributed by atoms with E-state index in [2.05, 4.69) is 159 Å². The van der Waals surface area contributed by atoms with Crippen molar-refractivity contribution >= 4 is 54.3 Å². The van der Waals surface area contributed by atoms with Crippen LogP contribution in [-0.2, 0) is 5.41 Å². The molecule has 0 saturated heterocycles. The first-order chi connectivity index (χ1) is 23.6. The van der Waals surface area contributed by atoms with Crippen LogP contribution in [0, 0.1) is 0 Å². The summed E-state index contributed by atoms with van der Waals surface area (Å²) in [4.78, 5) is 0. The number of hydrogen-bond donors (Lipinski definition) is 0.